The molecule has 0 spiro atoms. The lowest BCUT2D eigenvalue weighted by Crippen LogP contribution is -2.50. The van der Waals surface area contributed by atoms with Gasteiger partial charge in [-0.25, -0.2) is 9.97 Å². The summed E-state index contributed by atoms with van der Waals surface area (Å²) in [5, 5.41) is 0. The summed E-state index contributed by atoms with van der Waals surface area (Å²) in [7, 11) is 0. The van der Waals surface area contributed by atoms with Gasteiger partial charge in [-0.15, -0.1) is 0 Å². The van der Waals surface area contributed by atoms with Gasteiger partial charge in [-0.3, -0.25) is 0 Å². The van der Waals surface area contributed by atoms with Crippen molar-refractivity contribution in [2.45, 2.75) is 52.1 Å². The van der Waals surface area contributed by atoms with Gasteiger partial charge in [0.05, 0.1) is 0 Å². The van der Waals surface area contributed by atoms with Crippen LogP contribution >= 0.6 is 0 Å². The van der Waals surface area contributed by atoms with Crippen LogP contribution in [0.15, 0.2) is 6.07 Å². The van der Waals surface area contributed by atoms with E-state index in [2.05, 4.69) is 21.8 Å². The zero-order chi connectivity index (χ0) is 12.4. The van der Waals surface area contributed by atoms with Crippen LogP contribution < -0.4 is 10.6 Å². The first-order chi connectivity index (χ1) is 8.08. The van der Waals surface area contributed by atoms with E-state index in [-0.39, 0.29) is 6.04 Å². The summed E-state index contributed by atoms with van der Waals surface area (Å²) in [4.78, 5) is 11.4. The Bertz CT molecular complexity index is 369. The molecule has 0 aliphatic carbocycles. The fourth-order valence-corrected chi connectivity index (χ4v) is 2.59. The average molecular weight is 234 g/mol. The van der Waals surface area contributed by atoms with Gasteiger partial charge in [0.15, 0.2) is 0 Å². The zero-order valence-corrected chi connectivity index (χ0v) is 11.0. The number of aromatic nitrogens is 2. The lowest BCUT2D eigenvalue weighted by molar-refractivity contribution is 0.407. The summed E-state index contributed by atoms with van der Waals surface area (Å²) in [5.74, 6) is 0.851. The minimum atomic E-state index is 0.166. The molecule has 1 aliphatic rings. The number of nitrogens with two attached hydrogens (primary N) is 1. The molecular formula is C13H22N4. The molecule has 4 nitrogen and oxygen atoms in total. The van der Waals surface area contributed by atoms with Crippen molar-refractivity contribution >= 4 is 5.95 Å². The molecule has 1 aromatic heterocycles. The van der Waals surface area contributed by atoms with Crippen molar-refractivity contribution in [1.29, 1.82) is 0 Å². The SMILES string of the molecule is Cc1cc(C)nc(N2CCCCC2C(C)N)n1. The summed E-state index contributed by atoms with van der Waals surface area (Å²) < 4.78 is 0. The monoisotopic (exact) mass is 234 g/mol. The first kappa shape index (κ1) is 12.3. The molecule has 94 valence electrons. The highest BCUT2D eigenvalue weighted by molar-refractivity contribution is 5.35. The fourth-order valence-electron chi connectivity index (χ4n) is 2.59. The number of rotatable bonds is 2. The molecule has 1 aromatic rings. The summed E-state index contributed by atoms with van der Waals surface area (Å²) in [6, 6.07) is 2.55. The normalized spacial score (nSPS) is 22.6. The van der Waals surface area contributed by atoms with Crippen LogP contribution in [-0.4, -0.2) is 28.6 Å². The fraction of sp³-hybridized carbons (Fsp3) is 0.692. The molecule has 17 heavy (non-hydrogen) atoms. The van der Waals surface area contributed by atoms with Gasteiger partial charge in [-0.1, -0.05) is 0 Å². The first-order valence-electron chi connectivity index (χ1n) is 6.42. The van der Waals surface area contributed by atoms with E-state index >= 15 is 0 Å². The van der Waals surface area contributed by atoms with E-state index in [4.69, 9.17) is 5.73 Å². The molecule has 2 unspecified atom stereocenters. The van der Waals surface area contributed by atoms with Crippen molar-refractivity contribution in [1.82, 2.24) is 9.97 Å². The maximum atomic E-state index is 6.07. The topological polar surface area (TPSA) is 55.0 Å². The third kappa shape index (κ3) is 2.75. The van der Waals surface area contributed by atoms with Gasteiger partial charge in [-0.05, 0) is 46.1 Å². The van der Waals surface area contributed by atoms with Crippen LogP contribution in [0.2, 0.25) is 0 Å². The third-order valence-electron chi connectivity index (χ3n) is 3.38. The Morgan fingerprint density at radius 2 is 1.94 bits per heavy atom. The van der Waals surface area contributed by atoms with Gasteiger partial charge in [0.1, 0.15) is 0 Å². The van der Waals surface area contributed by atoms with E-state index < -0.39 is 0 Å². The minimum absolute atomic E-state index is 0.166. The van der Waals surface area contributed by atoms with E-state index in [1.165, 1.54) is 12.8 Å². The van der Waals surface area contributed by atoms with Gasteiger partial charge in [0, 0.05) is 30.0 Å². The number of hydrogen-bond donors (Lipinski definition) is 1. The molecule has 2 rings (SSSR count). The van der Waals surface area contributed by atoms with Crippen LogP contribution in [0.4, 0.5) is 5.95 Å². The lowest BCUT2D eigenvalue weighted by Gasteiger charge is -2.38. The molecule has 1 saturated heterocycles. The average Bonchev–Trinajstić information content (AvgIpc) is 2.27. The Balaban J connectivity index is 2.29. The summed E-state index contributed by atoms with van der Waals surface area (Å²) in [6.45, 7) is 7.13. The number of aryl methyl sites for hydroxylation is 2. The number of hydrogen-bond acceptors (Lipinski definition) is 4. The van der Waals surface area contributed by atoms with Crippen molar-refractivity contribution in [3.05, 3.63) is 17.5 Å². The van der Waals surface area contributed by atoms with E-state index in [0.717, 1.165) is 30.3 Å². The Hall–Kier alpha value is -1.16. The van der Waals surface area contributed by atoms with Crippen LogP contribution in [-0.2, 0) is 0 Å². The second-order valence-electron chi connectivity index (χ2n) is 5.07. The van der Waals surface area contributed by atoms with Crippen LogP contribution in [0.3, 0.4) is 0 Å². The molecule has 1 fully saturated rings. The quantitative estimate of drug-likeness (QED) is 0.847. The minimum Gasteiger partial charge on any atom is -0.336 e. The van der Waals surface area contributed by atoms with Crippen molar-refractivity contribution in [3.8, 4) is 0 Å². The lowest BCUT2D eigenvalue weighted by atomic mass is 9.97. The molecule has 2 N–H and O–H groups in total. The zero-order valence-electron chi connectivity index (χ0n) is 11.0. The standard InChI is InChI=1S/C13H22N4/c1-9-8-10(2)16-13(15-9)17-7-5-4-6-12(17)11(3)14/h8,11-12H,4-7,14H2,1-3H3. The van der Waals surface area contributed by atoms with Crippen LogP contribution in [0.25, 0.3) is 0 Å². The maximum absolute atomic E-state index is 6.07. The largest absolute Gasteiger partial charge is 0.336 e. The van der Waals surface area contributed by atoms with Crippen LogP contribution in [0.5, 0.6) is 0 Å². The summed E-state index contributed by atoms with van der Waals surface area (Å²) in [5.41, 5.74) is 8.13. The van der Waals surface area contributed by atoms with Gasteiger partial charge in [0.2, 0.25) is 5.95 Å². The van der Waals surface area contributed by atoms with E-state index in [1.54, 1.807) is 0 Å². The van der Waals surface area contributed by atoms with Gasteiger partial charge < -0.3 is 10.6 Å². The predicted molar refractivity (Wildman–Crippen MR) is 70.1 cm³/mol. The Morgan fingerprint density at radius 3 is 2.53 bits per heavy atom. The van der Waals surface area contributed by atoms with Crippen molar-refractivity contribution in [2.24, 2.45) is 5.73 Å². The van der Waals surface area contributed by atoms with Gasteiger partial charge >= 0.3 is 0 Å². The second kappa shape index (κ2) is 5.00. The Labute approximate surface area is 103 Å². The summed E-state index contributed by atoms with van der Waals surface area (Å²) >= 11 is 0. The highest BCUT2D eigenvalue weighted by Gasteiger charge is 2.27. The molecule has 0 bridgehead atoms. The van der Waals surface area contributed by atoms with Gasteiger partial charge in [-0.2, -0.15) is 0 Å². The smallest absolute Gasteiger partial charge is 0.226 e. The Kier molecular flexibility index (Phi) is 3.62. The summed E-state index contributed by atoms with van der Waals surface area (Å²) in [6.07, 6.45) is 3.61. The first-order valence-corrected chi connectivity index (χ1v) is 6.42. The Morgan fingerprint density at radius 1 is 1.29 bits per heavy atom. The van der Waals surface area contributed by atoms with E-state index in [0.29, 0.717) is 6.04 Å². The van der Waals surface area contributed by atoms with E-state index in [9.17, 15) is 0 Å². The number of piperidine rings is 1. The predicted octanol–water partition coefficient (Wildman–Crippen LogP) is 1.80. The second-order valence-corrected chi connectivity index (χ2v) is 5.07. The molecule has 2 atom stereocenters. The third-order valence-corrected chi connectivity index (χ3v) is 3.38. The van der Waals surface area contributed by atoms with Crippen molar-refractivity contribution in [2.75, 3.05) is 11.4 Å². The molecular weight excluding hydrogens is 212 g/mol. The van der Waals surface area contributed by atoms with Crippen molar-refractivity contribution < 1.29 is 0 Å². The number of anilines is 1. The van der Waals surface area contributed by atoms with Crippen LogP contribution in [0.1, 0.15) is 37.6 Å². The maximum Gasteiger partial charge on any atom is 0.226 e. The molecule has 1 aliphatic heterocycles. The molecule has 0 aromatic carbocycles. The molecule has 2 heterocycles. The molecule has 0 radical (unpaired) electrons. The number of nitrogens with zero attached hydrogens (tertiary/aromatic N) is 3. The highest BCUT2D eigenvalue weighted by Crippen LogP contribution is 2.23. The van der Waals surface area contributed by atoms with Gasteiger partial charge in [0.25, 0.3) is 0 Å². The van der Waals surface area contributed by atoms with Crippen LogP contribution in [0, 0.1) is 13.8 Å². The van der Waals surface area contributed by atoms with E-state index in [1.807, 2.05) is 19.9 Å². The van der Waals surface area contributed by atoms with Crippen molar-refractivity contribution in [3.63, 3.8) is 0 Å². The highest BCUT2D eigenvalue weighted by atomic mass is 15.3. The molecule has 0 saturated carbocycles. The molecule has 0 amide bonds. The molecule has 4 heteroatoms.